The van der Waals surface area contributed by atoms with Crippen molar-refractivity contribution in [3.63, 3.8) is 0 Å². The molecule has 0 saturated carbocycles. The number of halogens is 1. The summed E-state index contributed by atoms with van der Waals surface area (Å²) < 4.78 is 0. The molecule has 2 amide bonds. The Morgan fingerprint density at radius 1 is 1.14 bits per heavy atom. The molecule has 0 radical (unpaired) electrons. The molecule has 12 heteroatoms. The molecular weight excluding hydrogens is 506 g/mol. The highest BCUT2D eigenvalue weighted by atomic mass is 35.5. The number of rotatable bonds is 6. The van der Waals surface area contributed by atoms with Gasteiger partial charge in [-0.05, 0) is 48.7 Å². The van der Waals surface area contributed by atoms with Crippen molar-refractivity contribution in [3.05, 3.63) is 90.6 Å². The van der Waals surface area contributed by atoms with Crippen molar-refractivity contribution in [2.45, 2.75) is 31.6 Å². The number of hydrogen-bond donors (Lipinski definition) is 5. The van der Waals surface area contributed by atoms with Crippen molar-refractivity contribution in [2.24, 2.45) is 4.99 Å². The summed E-state index contributed by atoms with van der Waals surface area (Å²) in [6.45, 7) is 3.84. The van der Waals surface area contributed by atoms with Crippen LogP contribution in [0.1, 0.15) is 34.7 Å². The zero-order chi connectivity index (χ0) is 26.0. The quantitative estimate of drug-likeness (QED) is 0.332. The normalized spacial score (nSPS) is 17.1. The summed E-state index contributed by atoms with van der Waals surface area (Å²) >= 11 is 7.02. The Kier molecular flexibility index (Phi) is 7.32. The summed E-state index contributed by atoms with van der Waals surface area (Å²) in [6.07, 6.45) is -0.0982. The summed E-state index contributed by atoms with van der Waals surface area (Å²) in [6, 6.07) is 10.9. The van der Waals surface area contributed by atoms with Crippen molar-refractivity contribution in [2.75, 3.05) is 5.32 Å². The fraction of sp³-hybridized carbons (Fsp3) is 0.208. The van der Waals surface area contributed by atoms with Gasteiger partial charge in [-0.2, -0.15) is 0 Å². The number of amides is 2. The molecule has 0 bridgehead atoms. The Bertz CT molecular complexity index is 1480. The van der Waals surface area contributed by atoms with E-state index in [1.807, 2.05) is 26.0 Å². The fourth-order valence-corrected chi connectivity index (χ4v) is 4.78. The number of aromatic amines is 2. The molecule has 3 aromatic rings. The summed E-state index contributed by atoms with van der Waals surface area (Å²) in [4.78, 5) is 58.0. The van der Waals surface area contributed by atoms with Gasteiger partial charge in [0.05, 0.1) is 0 Å². The van der Waals surface area contributed by atoms with Crippen molar-refractivity contribution >= 4 is 46.0 Å². The topological polar surface area (TPSA) is 157 Å². The Morgan fingerprint density at radius 2 is 1.86 bits per heavy atom. The number of amidine groups is 1. The second-order valence-corrected chi connectivity index (χ2v) is 9.78. The Labute approximate surface area is 214 Å². The third-order valence-corrected chi connectivity index (χ3v) is 7.04. The molecule has 1 aromatic heterocycles. The molecule has 4 rings (SSSR count). The minimum atomic E-state index is -1.08. The molecule has 1 aliphatic heterocycles. The molecule has 0 spiro atoms. The third-order valence-electron chi connectivity index (χ3n) is 5.69. The van der Waals surface area contributed by atoms with Crippen LogP contribution >= 0.6 is 23.4 Å². The van der Waals surface area contributed by atoms with Crippen LogP contribution in [-0.2, 0) is 9.59 Å². The minimum Gasteiger partial charge on any atom is -0.494 e. The standard InChI is InChI=1S/C24H22ClN5O5S/c1-11-4-3-5-15(12(11)2)26-17(31)10-16-20(32)30-24(36-16)27-19(13-6-8-14(25)9-7-13)18-21(33)28-23(35)29-22(18)34/h3-9,16,19H,10H2,1-2H3,(H,26,31)(H,27,30,32)(H3,28,29,33,34,35). The van der Waals surface area contributed by atoms with E-state index in [2.05, 4.69) is 25.6 Å². The molecule has 36 heavy (non-hydrogen) atoms. The predicted octanol–water partition coefficient (Wildman–Crippen LogP) is 2.74. The van der Waals surface area contributed by atoms with Gasteiger partial charge < -0.3 is 15.7 Å². The molecule has 1 saturated heterocycles. The maximum Gasteiger partial charge on any atom is 0.328 e. The van der Waals surface area contributed by atoms with Crippen LogP contribution in [0.25, 0.3) is 0 Å². The summed E-state index contributed by atoms with van der Waals surface area (Å²) in [5.74, 6) is -1.39. The number of carbonyl (C=O) groups is 2. The van der Waals surface area contributed by atoms with Crippen LogP contribution in [0.15, 0.2) is 57.0 Å². The molecule has 2 aromatic carbocycles. The van der Waals surface area contributed by atoms with E-state index in [4.69, 9.17) is 11.6 Å². The van der Waals surface area contributed by atoms with E-state index in [0.29, 0.717) is 16.3 Å². The number of hydrogen-bond acceptors (Lipinski definition) is 7. The van der Waals surface area contributed by atoms with Crippen LogP contribution < -0.4 is 21.9 Å². The summed E-state index contributed by atoms with van der Waals surface area (Å²) in [5, 5.41) is 15.6. The lowest BCUT2D eigenvalue weighted by molar-refractivity contribution is -0.122. The van der Waals surface area contributed by atoms with Gasteiger partial charge in [0.15, 0.2) is 5.17 Å². The molecule has 1 aliphatic rings. The van der Waals surface area contributed by atoms with Crippen LogP contribution in [0, 0.1) is 13.8 Å². The molecule has 2 atom stereocenters. The minimum absolute atomic E-state index is 0.0982. The van der Waals surface area contributed by atoms with Crippen LogP contribution in [0.2, 0.25) is 5.02 Å². The first-order chi connectivity index (χ1) is 17.1. The zero-order valence-corrected chi connectivity index (χ0v) is 20.8. The Morgan fingerprint density at radius 3 is 2.56 bits per heavy atom. The Hall–Kier alpha value is -3.83. The predicted molar refractivity (Wildman–Crippen MR) is 139 cm³/mol. The number of anilines is 1. The van der Waals surface area contributed by atoms with Gasteiger partial charge in [0.1, 0.15) is 16.9 Å². The molecular formula is C24H22ClN5O5S. The van der Waals surface area contributed by atoms with Crippen molar-refractivity contribution in [3.8, 4) is 5.88 Å². The first-order valence-corrected chi connectivity index (χ1v) is 12.1. The van der Waals surface area contributed by atoms with Gasteiger partial charge in [0, 0.05) is 17.1 Å². The number of thioether (sulfide) groups is 1. The largest absolute Gasteiger partial charge is 0.494 e. The number of carbonyl (C=O) groups excluding carboxylic acids is 2. The first kappa shape index (κ1) is 25.3. The average molecular weight is 528 g/mol. The average Bonchev–Trinajstić information content (AvgIpc) is 3.14. The van der Waals surface area contributed by atoms with Gasteiger partial charge >= 0.3 is 5.69 Å². The van der Waals surface area contributed by atoms with Gasteiger partial charge in [-0.3, -0.25) is 24.4 Å². The van der Waals surface area contributed by atoms with Crippen molar-refractivity contribution in [1.29, 1.82) is 0 Å². The molecule has 10 nitrogen and oxygen atoms in total. The first-order valence-electron chi connectivity index (χ1n) is 10.8. The lowest BCUT2D eigenvalue weighted by Crippen LogP contribution is -2.29. The van der Waals surface area contributed by atoms with Crippen LogP contribution in [0.4, 0.5) is 5.69 Å². The van der Waals surface area contributed by atoms with Crippen LogP contribution in [0.5, 0.6) is 5.88 Å². The van der Waals surface area contributed by atoms with Crippen LogP contribution in [-0.4, -0.2) is 37.3 Å². The summed E-state index contributed by atoms with van der Waals surface area (Å²) in [5.41, 5.74) is 1.20. The number of nitrogens with one attached hydrogen (secondary N) is 4. The monoisotopic (exact) mass is 527 g/mol. The van der Waals surface area contributed by atoms with Gasteiger partial charge in [-0.15, -0.1) is 0 Å². The SMILES string of the molecule is Cc1cccc(NC(=O)CC2SC(=NC(c3ccc(Cl)cc3)c3c(O)[nH]c(=O)[nH]c3=O)NC2=O)c1C. The maximum atomic E-state index is 12.6. The number of aliphatic imine (C=N–C) groups is 1. The van der Waals surface area contributed by atoms with E-state index in [0.717, 1.165) is 22.9 Å². The van der Waals surface area contributed by atoms with E-state index >= 15 is 0 Å². The molecule has 0 aliphatic carbocycles. The van der Waals surface area contributed by atoms with E-state index < -0.39 is 34.3 Å². The second kappa shape index (κ2) is 10.4. The highest BCUT2D eigenvalue weighted by Crippen LogP contribution is 2.32. The van der Waals surface area contributed by atoms with Gasteiger partial charge in [-0.25, -0.2) is 9.79 Å². The van der Waals surface area contributed by atoms with E-state index in [1.165, 1.54) is 0 Å². The number of H-pyrrole nitrogens is 2. The lowest BCUT2D eigenvalue weighted by Gasteiger charge is -2.14. The van der Waals surface area contributed by atoms with Gasteiger partial charge in [0.25, 0.3) is 5.56 Å². The van der Waals surface area contributed by atoms with Gasteiger partial charge in [-0.1, -0.05) is 47.6 Å². The number of benzene rings is 2. The lowest BCUT2D eigenvalue weighted by atomic mass is 10.0. The number of aromatic nitrogens is 2. The Balaban J connectivity index is 1.59. The zero-order valence-electron chi connectivity index (χ0n) is 19.2. The van der Waals surface area contributed by atoms with E-state index in [9.17, 15) is 24.3 Å². The number of aromatic hydroxyl groups is 1. The fourth-order valence-electron chi connectivity index (χ4n) is 3.66. The smallest absolute Gasteiger partial charge is 0.328 e. The highest BCUT2D eigenvalue weighted by Gasteiger charge is 2.34. The summed E-state index contributed by atoms with van der Waals surface area (Å²) in [7, 11) is 0. The van der Waals surface area contributed by atoms with Crippen molar-refractivity contribution in [1.82, 2.24) is 15.3 Å². The molecule has 2 unspecified atom stereocenters. The number of aryl methyl sites for hydroxylation is 1. The van der Waals surface area contributed by atoms with E-state index in [-0.39, 0.29) is 23.1 Å². The molecule has 1 fully saturated rings. The molecule has 5 N–H and O–H groups in total. The second-order valence-electron chi connectivity index (χ2n) is 8.15. The van der Waals surface area contributed by atoms with Gasteiger partial charge in [0.2, 0.25) is 17.7 Å². The van der Waals surface area contributed by atoms with Crippen molar-refractivity contribution < 1.29 is 14.7 Å². The van der Waals surface area contributed by atoms with Crippen LogP contribution in [0.3, 0.4) is 0 Å². The molecule has 186 valence electrons. The third kappa shape index (κ3) is 5.52. The number of nitrogens with zero attached hydrogens (tertiary/aromatic N) is 1. The maximum absolute atomic E-state index is 12.6. The van der Waals surface area contributed by atoms with E-state index in [1.54, 1.807) is 30.3 Å². The highest BCUT2D eigenvalue weighted by molar-refractivity contribution is 8.15. The molecule has 2 heterocycles.